The predicted octanol–water partition coefficient (Wildman–Crippen LogP) is 11.4. The Bertz CT molecular complexity index is 554. The van der Waals surface area contributed by atoms with Gasteiger partial charge in [0.15, 0.2) is 8.32 Å². The summed E-state index contributed by atoms with van der Waals surface area (Å²) < 4.78 is 23.0. The van der Waals surface area contributed by atoms with Gasteiger partial charge in [-0.2, -0.15) is 0 Å². The van der Waals surface area contributed by atoms with Crippen molar-refractivity contribution in [3.63, 3.8) is 0 Å². The summed E-state index contributed by atoms with van der Waals surface area (Å²) in [5, 5.41) is 0.841. The van der Waals surface area contributed by atoms with Crippen LogP contribution in [0.4, 0.5) is 0 Å². The molecule has 0 aliphatic heterocycles. The minimum Gasteiger partial charge on any atom is -0.417 e. The Kier molecular flexibility index (Phi) is 24.0. The molecule has 4 nitrogen and oxygen atoms in total. The third-order valence-corrected chi connectivity index (χ3v) is 14.9. The molecular weight excluding hydrogens is 563 g/mol. The zero-order valence-corrected chi connectivity index (χ0v) is 28.9. The van der Waals surface area contributed by atoms with Crippen LogP contribution in [0, 0.1) is 0 Å². The van der Waals surface area contributed by atoms with Crippen molar-refractivity contribution >= 4 is 31.8 Å². The number of halogens is 1. The smallest absolute Gasteiger partial charge is 0.328 e. The average molecular weight is 628 g/mol. The first-order valence-corrected chi connectivity index (χ1v) is 21.5. The van der Waals surface area contributed by atoms with Crippen LogP contribution in [-0.4, -0.2) is 37.9 Å². The zero-order chi connectivity index (χ0) is 27.9. The van der Waals surface area contributed by atoms with Crippen molar-refractivity contribution in [3.8, 4) is 0 Å². The molecule has 1 N–H and O–H groups in total. The second-order valence-electron chi connectivity index (χ2n) is 12.6. The third-order valence-electron chi connectivity index (χ3n) is 7.97. The summed E-state index contributed by atoms with van der Waals surface area (Å²) >= 11 is 3.18. The van der Waals surface area contributed by atoms with Gasteiger partial charge in [0.05, 0.1) is 12.8 Å². The lowest BCUT2D eigenvalue weighted by Crippen LogP contribution is -2.40. The van der Waals surface area contributed by atoms with Crippen molar-refractivity contribution in [2.24, 2.45) is 0 Å². The van der Waals surface area contributed by atoms with Crippen LogP contribution in [0.3, 0.4) is 0 Å². The van der Waals surface area contributed by atoms with Crippen LogP contribution in [0.25, 0.3) is 0 Å². The first-order valence-electron chi connectivity index (χ1n) is 15.7. The number of alkyl halides is 1. The summed E-state index contributed by atoms with van der Waals surface area (Å²) in [7, 11) is -4.89. The lowest BCUT2D eigenvalue weighted by atomic mass is 10.0. The third kappa shape index (κ3) is 24.3. The van der Waals surface area contributed by atoms with Crippen LogP contribution in [-0.2, 0) is 13.5 Å². The fourth-order valence-corrected chi connectivity index (χ4v) is 7.50. The van der Waals surface area contributed by atoms with Gasteiger partial charge in [-0.1, -0.05) is 152 Å². The molecule has 0 spiro atoms. The van der Waals surface area contributed by atoms with Gasteiger partial charge in [0.2, 0.25) is 0 Å². The van der Waals surface area contributed by atoms with E-state index in [0.717, 1.165) is 19.4 Å². The molecule has 0 aliphatic rings. The van der Waals surface area contributed by atoms with Crippen molar-refractivity contribution in [3.05, 3.63) is 0 Å². The van der Waals surface area contributed by atoms with Crippen LogP contribution < -0.4 is 0 Å². The molecule has 0 radical (unpaired) electrons. The van der Waals surface area contributed by atoms with E-state index in [2.05, 4.69) is 49.8 Å². The molecule has 0 aromatic carbocycles. The van der Waals surface area contributed by atoms with Gasteiger partial charge >= 0.3 is 7.60 Å². The maximum Gasteiger partial charge on any atom is 0.328 e. The molecule has 0 heterocycles. The van der Waals surface area contributed by atoms with Crippen LogP contribution in [0.2, 0.25) is 18.1 Å². The summed E-state index contributed by atoms with van der Waals surface area (Å²) in [6.45, 7) is 13.0. The monoisotopic (exact) mass is 626 g/mol. The summed E-state index contributed by atoms with van der Waals surface area (Å²) in [5.41, 5.74) is 0. The summed E-state index contributed by atoms with van der Waals surface area (Å²) in [6.07, 6.45) is 26.9. The van der Waals surface area contributed by atoms with E-state index in [1.54, 1.807) is 0 Å². The maximum atomic E-state index is 11.6. The molecule has 0 bridgehead atoms. The molecule has 7 heteroatoms. The highest BCUT2D eigenvalue weighted by Crippen LogP contribution is 2.42. The van der Waals surface area contributed by atoms with Gasteiger partial charge in [-0.05, 0) is 31.0 Å². The van der Waals surface area contributed by atoms with Crippen molar-refractivity contribution in [1.29, 1.82) is 0 Å². The highest BCUT2D eigenvalue weighted by molar-refractivity contribution is 9.09. The molecular formula is C30H64BrO4PSi. The lowest BCUT2D eigenvalue weighted by Gasteiger charge is -2.36. The normalized spacial score (nSPS) is 14.2. The molecule has 0 amide bonds. The average Bonchev–Trinajstić information content (AvgIpc) is 2.81. The molecule has 224 valence electrons. The van der Waals surface area contributed by atoms with Gasteiger partial charge in [0.25, 0.3) is 0 Å². The highest BCUT2D eigenvalue weighted by atomic mass is 79.9. The predicted molar refractivity (Wildman–Crippen MR) is 170 cm³/mol. The Morgan fingerprint density at radius 2 is 0.919 bits per heavy atom. The minimum atomic E-state index is -3.35. The standard InChI is InChI=1S/C30H64BrO4PSi/c1-30(2,3)37(4,5)35-28-25-23-21-19-17-15-13-11-9-7-6-8-10-12-14-16-18-20-22-24-27-34-36(32,33)29-26-31/h6-29H2,1-5H3,(H,32,33). The van der Waals surface area contributed by atoms with Crippen LogP contribution in [0.5, 0.6) is 0 Å². The van der Waals surface area contributed by atoms with E-state index >= 15 is 0 Å². The number of unbranched alkanes of at least 4 members (excludes halogenated alkanes) is 19. The Hall–Kier alpha value is 0.807. The first kappa shape index (κ1) is 37.8. The van der Waals surface area contributed by atoms with E-state index in [9.17, 15) is 9.46 Å². The molecule has 0 rings (SSSR count). The SMILES string of the molecule is CC(C)(C)[Si](C)(C)OCCCCCCCCCCCCCCCCCCCCCCOP(=O)(O)CCBr. The molecule has 1 unspecified atom stereocenters. The maximum absolute atomic E-state index is 11.6. The zero-order valence-electron chi connectivity index (χ0n) is 25.5. The molecule has 0 aliphatic carbocycles. The second kappa shape index (κ2) is 23.5. The Morgan fingerprint density at radius 3 is 1.22 bits per heavy atom. The molecule has 0 saturated carbocycles. The van der Waals surface area contributed by atoms with E-state index < -0.39 is 15.9 Å². The molecule has 0 fully saturated rings. The number of rotatable bonds is 27. The molecule has 0 saturated heterocycles. The summed E-state index contributed by atoms with van der Waals surface area (Å²) in [4.78, 5) is 9.52. The van der Waals surface area contributed by atoms with Gasteiger partial charge in [-0.25, -0.2) is 0 Å². The minimum absolute atomic E-state index is 0.197. The molecule has 0 aromatic rings. The van der Waals surface area contributed by atoms with Crippen LogP contribution in [0.1, 0.15) is 149 Å². The van der Waals surface area contributed by atoms with Gasteiger partial charge in [0, 0.05) is 11.9 Å². The van der Waals surface area contributed by atoms with E-state index in [0.29, 0.717) is 17.0 Å². The van der Waals surface area contributed by atoms with Crippen molar-refractivity contribution in [1.82, 2.24) is 0 Å². The molecule has 0 aromatic heterocycles. The van der Waals surface area contributed by atoms with Gasteiger partial charge < -0.3 is 13.8 Å². The van der Waals surface area contributed by atoms with E-state index in [4.69, 9.17) is 8.95 Å². The Morgan fingerprint density at radius 1 is 0.622 bits per heavy atom. The van der Waals surface area contributed by atoms with Gasteiger partial charge in [-0.15, -0.1) is 0 Å². The van der Waals surface area contributed by atoms with Crippen molar-refractivity contribution < 1.29 is 18.4 Å². The van der Waals surface area contributed by atoms with E-state index in [-0.39, 0.29) is 6.16 Å². The largest absolute Gasteiger partial charge is 0.417 e. The van der Waals surface area contributed by atoms with Crippen molar-refractivity contribution in [2.45, 2.75) is 167 Å². The number of hydrogen-bond acceptors (Lipinski definition) is 3. The van der Waals surface area contributed by atoms with E-state index in [1.807, 2.05) is 0 Å². The Labute approximate surface area is 241 Å². The molecule has 37 heavy (non-hydrogen) atoms. The number of hydrogen-bond donors (Lipinski definition) is 1. The topological polar surface area (TPSA) is 55.8 Å². The van der Waals surface area contributed by atoms with E-state index in [1.165, 1.54) is 116 Å². The fraction of sp³-hybridized carbons (Fsp3) is 1.00. The summed E-state index contributed by atoms with van der Waals surface area (Å²) in [5.74, 6) is 0. The second-order valence-corrected chi connectivity index (χ2v) is 20.1. The highest BCUT2D eigenvalue weighted by Gasteiger charge is 2.36. The Balaban J connectivity index is 3.21. The summed E-state index contributed by atoms with van der Waals surface area (Å²) in [6, 6.07) is 0. The first-order chi connectivity index (χ1) is 17.5. The quantitative estimate of drug-likeness (QED) is 0.0426. The van der Waals surface area contributed by atoms with Crippen molar-refractivity contribution in [2.75, 3.05) is 24.7 Å². The van der Waals surface area contributed by atoms with Crippen LogP contribution in [0.15, 0.2) is 0 Å². The molecule has 1 atom stereocenters. The lowest BCUT2D eigenvalue weighted by molar-refractivity contribution is 0.254. The van der Waals surface area contributed by atoms with Crippen LogP contribution >= 0.6 is 23.5 Å². The van der Waals surface area contributed by atoms with Gasteiger partial charge in [0.1, 0.15) is 0 Å². The van der Waals surface area contributed by atoms with Gasteiger partial charge in [-0.3, -0.25) is 4.57 Å². The fourth-order valence-electron chi connectivity index (χ4n) is 4.31.